The first kappa shape index (κ1) is 13.0. The van der Waals surface area contributed by atoms with Gasteiger partial charge in [-0.3, -0.25) is 9.89 Å². The fourth-order valence-corrected chi connectivity index (χ4v) is 2.20. The van der Waals surface area contributed by atoms with Gasteiger partial charge >= 0.3 is 0 Å². The molecule has 1 unspecified atom stereocenters. The molecule has 2 rings (SSSR count). The van der Waals surface area contributed by atoms with Crippen molar-refractivity contribution >= 4 is 5.91 Å². The van der Waals surface area contributed by atoms with Gasteiger partial charge in [-0.1, -0.05) is 0 Å². The van der Waals surface area contributed by atoms with Crippen LogP contribution in [0.25, 0.3) is 0 Å². The fourth-order valence-electron chi connectivity index (χ4n) is 2.20. The van der Waals surface area contributed by atoms with Gasteiger partial charge in [0.1, 0.15) is 5.82 Å². The summed E-state index contributed by atoms with van der Waals surface area (Å²) in [4.78, 5) is 18.3. The molecule has 2 N–H and O–H groups in total. The van der Waals surface area contributed by atoms with Crippen LogP contribution in [-0.4, -0.2) is 45.6 Å². The highest BCUT2D eigenvalue weighted by Gasteiger charge is 2.16. The summed E-state index contributed by atoms with van der Waals surface area (Å²) >= 11 is 0. The molecule has 0 bridgehead atoms. The number of H-pyrrole nitrogens is 1. The smallest absolute Gasteiger partial charge is 0.221 e. The van der Waals surface area contributed by atoms with E-state index in [9.17, 15) is 4.79 Å². The number of aryl methyl sites for hydroxylation is 1. The van der Waals surface area contributed by atoms with Gasteiger partial charge < -0.3 is 10.2 Å². The lowest BCUT2D eigenvalue weighted by atomic mass is 10.3. The largest absolute Gasteiger partial charge is 0.346 e. The van der Waals surface area contributed by atoms with Gasteiger partial charge in [-0.05, 0) is 39.8 Å². The summed E-state index contributed by atoms with van der Waals surface area (Å²) in [7, 11) is 0. The van der Waals surface area contributed by atoms with E-state index in [4.69, 9.17) is 0 Å². The average Bonchev–Trinajstić information content (AvgIpc) is 2.97. The van der Waals surface area contributed by atoms with E-state index in [0.717, 1.165) is 25.5 Å². The van der Waals surface area contributed by atoms with Crippen molar-refractivity contribution in [1.82, 2.24) is 25.4 Å². The third-order valence-corrected chi connectivity index (χ3v) is 3.23. The molecule has 0 aliphatic carbocycles. The predicted molar refractivity (Wildman–Crippen MR) is 68.0 cm³/mol. The number of aromatic nitrogens is 3. The number of likely N-dealkylation sites (tertiary alicyclic amines) is 1. The second kappa shape index (κ2) is 5.95. The van der Waals surface area contributed by atoms with E-state index >= 15 is 0 Å². The molecule has 6 nitrogen and oxygen atoms in total. The standard InChI is InChI=1S/C12H21N5O/c1-9(12-14-10(2)15-16-12)13-11(18)5-8-17-6-3-4-7-17/h9H,3-8H2,1-2H3,(H,13,18)(H,14,15,16). The summed E-state index contributed by atoms with van der Waals surface area (Å²) in [6.07, 6.45) is 3.07. The first-order chi connectivity index (χ1) is 8.65. The lowest BCUT2D eigenvalue weighted by molar-refractivity contribution is -0.122. The van der Waals surface area contributed by atoms with Gasteiger partial charge in [0.25, 0.3) is 0 Å². The number of carbonyl (C=O) groups excluding carboxylic acids is 1. The van der Waals surface area contributed by atoms with E-state index in [2.05, 4.69) is 25.4 Å². The lowest BCUT2D eigenvalue weighted by Crippen LogP contribution is -2.31. The number of carbonyl (C=O) groups is 1. The van der Waals surface area contributed by atoms with Crippen molar-refractivity contribution in [2.24, 2.45) is 0 Å². The number of amides is 1. The Bertz CT molecular complexity index is 397. The molecule has 1 aliphatic rings. The molecule has 1 saturated heterocycles. The van der Waals surface area contributed by atoms with Crippen LogP contribution in [0.3, 0.4) is 0 Å². The monoisotopic (exact) mass is 251 g/mol. The van der Waals surface area contributed by atoms with E-state index in [1.807, 2.05) is 13.8 Å². The van der Waals surface area contributed by atoms with Gasteiger partial charge in [0.05, 0.1) is 6.04 Å². The molecule has 0 aromatic carbocycles. The SMILES string of the molecule is Cc1nc(C(C)NC(=O)CCN2CCCC2)n[nH]1. The Hall–Kier alpha value is -1.43. The Morgan fingerprint density at radius 3 is 2.83 bits per heavy atom. The van der Waals surface area contributed by atoms with Crippen LogP contribution in [0.4, 0.5) is 0 Å². The third kappa shape index (κ3) is 3.53. The topological polar surface area (TPSA) is 73.9 Å². The average molecular weight is 251 g/mol. The van der Waals surface area contributed by atoms with Gasteiger partial charge in [0.2, 0.25) is 5.91 Å². The number of nitrogens with zero attached hydrogens (tertiary/aromatic N) is 3. The van der Waals surface area contributed by atoms with Gasteiger partial charge in [0.15, 0.2) is 5.82 Å². The highest BCUT2D eigenvalue weighted by Crippen LogP contribution is 2.09. The quantitative estimate of drug-likeness (QED) is 0.811. The Morgan fingerprint density at radius 2 is 2.22 bits per heavy atom. The molecule has 0 spiro atoms. The van der Waals surface area contributed by atoms with Crippen LogP contribution >= 0.6 is 0 Å². The first-order valence-corrected chi connectivity index (χ1v) is 6.56. The molecule has 18 heavy (non-hydrogen) atoms. The number of aromatic amines is 1. The molecule has 0 radical (unpaired) electrons. The fraction of sp³-hybridized carbons (Fsp3) is 0.750. The van der Waals surface area contributed by atoms with Gasteiger partial charge in [-0.25, -0.2) is 4.98 Å². The van der Waals surface area contributed by atoms with Crippen molar-refractivity contribution < 1.29 is 4.79 Å². The molecular weight excluding hydrogens is 230 g/mol. The molecule has 2 heterocycles. The van der Waals surface area contributed by atoms with Crippen LogP contribution in [0.1, 0.15) is 43.9 Å². The van der Waals surface area contributed by atoms with Crippen LogP contribution < -0.4 is 5.32 Å². The van der Waals surface area contributed by atoms with Crippen molar-refractivity contribution in [1.29, 1.82) is 0 Å². The zero-order valence-electron chi connectivity index (χ0n) is 11.1. The van der Waals surface area contributed by atoms with Crippen LogP contribution in [0.15, 0.2) is 0 Å². The van der Waals surface area contributed by atoms with E-state index in [1.165, 1.54) is 12.8 Å². The van der Waals surface area contributed by atoms with E-state index < -0.39 is 0 Å². The molecule has 1 atom stereocenters. The van der Waals surface area contributed by atoms with Crippen LogP contribution in [0.2, 0.25) is 0 Å². The molecular formula is C12H21N5O. The summed E-state index contributed by atoms with van der Waals surface area (Å²) in [6.45, 7) is 6.85. The molecule has 6 heteroatoms. The van der Waals surface area contributed by atoms with E-state index in [1.54, 1.807) is 0 Å². The molecule has 1 aromatic rings. The molecule has 1 fully saturated rings. The normalized spacial score (nSPS) is 17.9. The van der Waals surface area contributed by atoms with Gasteiger partial charge in [0, 0.05) is 13.0 Å². The third-order valence-electron chi connectivity index (χ3n) is 3.23. The van der Waals surface area contributed by atoms with Crippen LogP contribution in [0.5, 0.6) is 0 Å². The summed E-state index contributed by atoms with van der Waals surface area (Å²) in [5.74, 6) is 1.47. The predicted octanol–water partition coefficient (Wildman–Crippen LogP) is 0.776. The number of hydrogen-bond donors (Lipinski definition) is 2. The first-order valence-electron chi connectivity index (χ1n) is 6.56. The Kier molecular flexibility index (Phi) is 4.30. The summed E-state index contributed by atoms with van der Waals surface area (Å²) < 4.78 is 0. The maximum atomic E-state index is 11.8. The molecule has 100 valence electrons. The van der Waals surface area contributed by atoms with Crippen molar-refractivity contribution in [2.45, 2.75) is 39.2 Å². The molecule has 0 saturated carbocycles. The van der Waals surface area contributed by atoms with Crippen molar-refractivity contribution in [3.05, 3.63) is 11.6 Å². The maximum Gasteiger partial charge on any atom is 0.221 e. The van der Waals surface area contributed by atoms with Gasteiger partial charge in [-0.2, -0.15) is 5.10 Å². The van der Waals surface area contributed by atoms with Crippen molar-refractivity contribution in [3.63, 3.8) is 0 Å². The van der Waals surface area contributed by atoms with Gasteiger partial charge in [-0.15, -0.1) is 0 Å². The highest BCUT2D eigenvalue weighted by atomic mass is 16.1. The lowest BCUT2D eigenvalue weighted by Gasteiger charge is -2.15. The van der Waals surface area contributed by atoms with Crippen molar-refractivity contribution in [2.75, 3.05) is 19.6 Å². The van der Waals surface area contributed by atoms with Crippen LogP contribution in [0, 0.1) is 6.92 Å². The molecule has 1 amide bonds. The summed E-state index contributed by atoms with van der Waals surface area (Å²) in [6, 6.07) is -0.138. The number of nitrogens with one attached hydrogen (secondary N) is 2. The molecule has 1 aromatic heterocycles. The second-order valence-electron chi connectivity index (χ2n) is 4.87. The van der Waals surface area contributed by atoms with Crippen molar-refractivity contribution in [3.8, 4) is 0 Å². The zero-order chi connectivity index (χ0) is 13.0. The van der Waals surface area contributed by atoms with E-state index in [-0.39, 0.29) is 11.9 Å². The van der Waals surface area contributed by atoms with Crippen LogP contribution in [-0.2, 0) is 4.79 Å². The second-order valence-corrected chi connectivity index (χ2v) is 4.87. The minimum atomic E-state index is -0.138. The zero-order valence-corrected chi connectivity index (χ0v) is 11.1. The minimum Gasteiger partial charge on any atom is -0.346 e. The molecule has 1 aliphatic heterocycles. The van der Waals surface area contributed by atoms with E-state index in [0.29, 0.717) is 12.2 Å². The summed E-state index contributed by atoms with van der Waals surface area (Å²) in [5.41, 5.74) is 0. The maximum absolute atomic E-state index is 11.8. The number of rotatable bonds is 5. The number of hydrogen-bond acceptors (Lipinski definition) is 4. The minimum absolute atomic E-state index is 0.0665. The Labute approximate surface area is 107 Å². The highest BCUT2D eigenvalue weighted by molar-refractivity contribution is 5.76. The Morgan fingerprint density at radius 1 is 1.50 bits per heavy atom. The summed E-state index contributed by atoms with van der Waals surface area (Å²) in [5, 5.41) is 9.75. The Balaban J connectivity index is 1.73.